The van der Waals surface area contributed by atoms with E-state index in [4.69, 9.17) is 25.8 Å². The van der Waals surface area contributed by atoms with Crippen LogP contribution in [0.25, 0.3) is 0 Å². The van der Waals surface area contributed by atoms with Crippen LogP contribution in [-0.2, 0) is 4.79 Å². The zero-order valence-electron chi connectivity index (χ0n) is 14.8. The van der Waals surface area contributed by atoms with Crippen LogP contribution in [0.2, 0.25) is 5.02 Å². The zero-order valence-corrected chi connectivity index (χ0v) is 15.5. The summed E-state index contributed by atoms with van der Waals surface area (Å²) in [6.45, 7) is 4.12. The Morgan fingerprint density at radius 2 is 1.68 bits per heavy atom. The van der Waals surface area contributed by atoms with Gasteiger partial charge in [-0.25, -0.2) is 0 Å². The van der Waals surface area contributed by atoms with Gasteiger partial charge in [-0.3, -0.25) is 4.79 Å². The van der Waals surface area contributed by atoms with Crippen LogP contribution in [0.4, 0.5) is 5.69 Å². The minimum atomic E-state index is -0.318. The first-order valence-corrected chi connectivity index (χ1v) is 8.26. The molecule has 0 aliphatic heterocycles. The lowest BCUT2D eigenvalue weighted by molar-refractivity contribution is -0.118. The second-order valence-corrected chi connectivity index (χ2v) is 6.15. The Bertz CT molecular complexity index is 729. The molecule has 2 aromatic rings. The third-order valence-corrected chi connectivity index (χ3v) is 3.98. The fraction of sp³-hybridized carbons (Fsp3) is 0.316. The molecular formula is C19H22ClNO4. The van der Waals surface area contributed by atoms with E-state index in [1.165, 1.54) is 19.8 Å². The summed E-state index contributed by atoms with van der Waals surface area (Å²) in [5.74, 6) is 1.74. The molecule has 0 radical (unpaired) electrons. The first kappa shape index (κ1) is 18.9. The summed E-state index contributed by atoms with van der Waals surface area (Å²) in [6.07, 6.45) is 0. The molecule has 0 saturated carbocycles. The summed E-state index contributed by atoms with van der Waals surface area (Å²) in [6, 6.07) is 10.9. The molecule has 1 N–H and O–H groups in total. The summed E-state index contributed by atoms with van der Waals surface area (Å²) >= 11 is 6.15. The predicted molar refractivity (Wildman–Crippen MR) is 99.2 cm³/mol. The first-order chi connectivity index (χ1) is 11.9. The van der Waals surface area contributed by atoms with E-state index in [1.54, 1.807) is 12.1 Å². The number of hydrogen-bond donors (Lipinski definition) is 1. The van der Waals surface area contributed by atoms with Crippen LogP contribution in [0.15, 0.2) is 36.4 Å². The Morgan fingerprint density at radius 1 is 1.08 bits per heavy atom. The van der Waals surface area contributed by atoms with Crippen LogP contribution in [0.1, 0.15) is 25.3 Å². The number of carbonyl (C=O) groups is 1. The summed E-state index contributed by atoms with van der Waals surface area (Å²) < 4.78 is 15.9. The summed E-state index contributed by atoms with van der Waals surface area (Å²) in [7, 11) is 3.03. The van der Waals surface area contributed by atoms with Crippen LogP contribution < -0.4 is 19.5 Å². The van der Waals surface area contributed by atoms with Crippen molar-refractivity contribution in [1.29, 1.82) is 0 Å². The largest absolute Gasteiger partial charge is 0.493 e. The van der Waals surface area contributed by atoms with Gasteiger partial charge in [-0.1, -0.05) is 37.6 Å². The Hall–Kier alpha value is -2.40. The molecule has 6 heteroatoms. The van der Waals surface area contributed by atoms with Gasteiger partial charge >= 0.3 is 0 Å². The molecule has 0 aliphatic rings. The number of hydrogen-bond acceptors (Lipinski definition) is 4. The Kier molecular flexibility index (Phi) is 6.53. The van der Waals surface area contributed by atoms with E-state index >= 15 is 0 Å². The molecule has 0 aliphatic carbocycles. The van der Waals surface area contributed by atoms with Crippen molar-refractivity contribution in [3.05, 3.63) is 47.0 Å². The lowest BCUT2D eigenvalue weighted by Gasteiger charge is -2.13. The molecule has 0 unspecified atom stereocenters. The second kappa shape index (κ2) is 8.62. The Morgan fingerprint density at radius 3 is 2.24 bits per heavy atom. The molecule has 134 valence electrons. The van der Waals surface area contributed by atoms with Crippen LogP contribution in [0.5, 0.6) is 17.2 Å². The van der Waals surface area contributed by atoms with E-state index in [1.807, 2.05) is 24.3 Å². The highest BCUT2D eigenvalue weighted by Crippen LogP contribution is 2.36. The molecule has 2 aromatic carbocycles. The lowest BCUT2D eigenvalue weighted by Crippen LogP contribution is -2.20. The number of amides is 1. The molecular weight excluding hydrogens is 342 g/mol. The maximum Gasteiger partial charge on any atom is 0.262 e. The van der Waals surface area contributed by atoms with Crippen LogP contribution >= 0.6 is 11.6 Å². The maximum atomic E-state index is 12.1. The number of nitrogens with one attached hydrogen (secondary N) is 1. The number of carbonyl (C=O) groups excluding carboxylic acids is 1. The summed E-state index contributed by atoms with van der Waals surface area (Å²) in [5, 5.41) is 3.06. The van der Waals surface area contributed by atoms with Crippen LogP contribution in [0, 0.1) is 0 Å². The van der Waals surface area contributed by atoms with Gasteiger partial charge in [0.25, 0.3) is 5.91 Å². The fourth-order valence-electron chi connectivity index (χ4n) is 2.23. The van der Waals surface area contributed by atoms with Crippen LogP contribution in [-0.4, -0.2) is 26.7 Å². The average Bonchev–Trinajstić information content (AvgIpc) is 2.61. The topological polar surface area (TPSA) is 56.8 Å². The predicted octanol–water partition coefficient (Wildman–Crippen LogP) is 4.50. The normalized spacial score (nSPS) is 10.5. The molecule has 0 heterocycles. The van der Waals surface area contributed by atoms with Crippen LogP contribution in [0.3, 0.4) is 0 Å². The number of benzene rings is 2. The molecule has 1 amide bonds. The minimum absolute atomic E-state index is 0.119. The molecule has 2 rings (SSSR count). The second-order valence-electron chi connectivity index (χ2n) is 5.75. The Balaban J connectivity index is 1.98. The molecule has 0 bridgehead atoms. The van der Waals surface area contributed by atoms with E-state index < -0.39 is 0 Å². The molecule has 5 nitrogen and oxygen atoms in total. The summed E-state index contributed by atoms with van der Waals surface area (Å²) in [4.78, 5) is 12.1. The van der Waals surface area contributed by atoms with E-state index in [9.17, 15) is 4.79 Å². The molecule has 0 saturated heterocycles. The van der Waals surface area contributed by atoms with Gasteiger partial charge in [0.2, 0.25) is 0 Å². The van der Waals surface area contributed by atoms with Crippen molar-refractivity contribution < 1.29 is 19.0 Å². The van der Waals surface area contributed by atoms with Gasteiger partial charge in [0.1, 0.15) is 5.75 Å². The lowest BCUT2D eigenvalue weighted by atomic mass is 10.0. The standard InChI is InChI=1S/C19H22ClNO4/c1-12(2)13-5-7-14(8-6-13)25-11-19(22)21-16-10-18(24-4)17(23-3)9-15(16)20/h5-10,12H,11H2,1-4H3,(H,21,22). The first-order valence-electron chi connectivity index (χ1n) is 7.88. The van der Waals surface area contributed by atoms with Gasteiger partial charge in [0, 0.05) is 12.1 Å². The third-order valence-electron chi connectivity index (χ3n) is 3.66. The number of halogens is 1. The van der Waals surface area contributed by atoms with Crippen molar-refractivity contribution >= 4 is 23.2 Å². The highest BCUT2D eigenvalue weighted by molar-refractivity contribution is 6.34. The SMILES string of the molecule is COc1cc(Cl)c(NC(=O)COc2ccc(C(C)C)cc2)cc1OC. The molecule has 0 fully saturated rings. The number of ether oxygens (including phenoxy) is 3. The van der Waals surface area contributed by atoms with E-state index in [-0.39, 0.29) is 12.5 Å². The third kappa shape index (κ3) is 5.03. The Labute approximate surface area is 152 Å². The number of methoxy groups -OCH3 is 2. The maximum absolute atomic E-state index is 12.1. The van der Waals surface area contributed by atoms with Crippen molar-refractivity contribution in [3.8, 4) is 17.2 Å². The molecule has 0 atom stereocenters. The van der Waals surface area contributed by atoms with Crippen molar-refractivity contribution in [2.45, 2.75) is 19.8 Å². The van der Waals surface area contributed by atoms with Crippen molar-refractivity contribution in [2.75, 3.05) is 26.1 Å². The number of anilines is 1. The van der Waals surface area contributed by atoms with Gasteiger partial charge in [0.15, 0.2) is 18.1 Å². The fourth-order valence-corrected chi connectivity index (χ4v) is 2.43. The average molecular weight is 364 g/mol. The monoisotopic (exact) mass is 363 g/mol. The number of rotatable bonds is 7. The smallest absolute Gasteiger partial charge is 0.262 e. The van der Waals surface area contributed by atoms with E-state index in [0.29, 0.717) is 33.9 Å². The van der Waals surface area contributed by atoms with Crippen molar-refractivity contribution in [3.63, 3.8) is 0 Å². The van der Waals surface area contributed by atoms with Crippen molar-refractivity contribution in [2.24, 2.45) is 0 Å². The van der Waals surface area contributed by atoms with E-state index in [0.717, 1.165) is 0 Å². The molecule has 0 spiro atoms. The van der Waals surface area contributed by atoms with E-state index in [2.05, 4.69) is 19.2 Å². The van der Waals surface area contributed by atoms with Gasteiger partial charge in [-0.2, -0.15) is 0 Å². The summed E-state index contributed by atoms with van der Waals surface area (Å²) in [5.41, 5.74) is 1.65. The molecule has 25 heavy (non-hydrogen) atoms. The van der Waals surface area contributed by atoms with Gasteiger partial charge < -0.3 is 19.5 Å². The quantitative estimate of drug-likeness (QED) is 0.787. The minimum Gasteiger partial charge on any atom is -0.493 e. The van der Waals surface area contributed by atoms with Gasteiger partial charge in [0.05, 0.1) is 24.9 Å². The van der Waals surface area contributed by atoms with Gasteiger partial charge in [-0.05, 0) is 23.6 Å². The van der Waals surface area contributed by atoms with Gasteiger partial charge in [-0.15, -0.1) is 0 Å². The zero-order chi connectivity index (χ0) is 18.4. The highest BCUT2D eigenvalue weighted by Gasteiger charge is 2.12. The molecule has 0 aromatic heterocycles. The van der Waals surface area contributed by atoms with Crippen molar-refractivity contribution in [1.82, 2.24) is 0 Å². The highest BCUT2D eigenvalue weighted by atomic mass is 35.5.